The first-order valence-electron chi connectivity index (χ1n) is 8.51. The molecule has 0 spiro atoms. The van der Waals surface area contributed by atoms with Crippen molar-refractivity contribution in [1.82, 2.24) is 9.47 Å². The molecule has 0 radical (unpaired) electrons. The van der Waals surface area contributed by atoms with E-state index in [1.165, 1.54) is 5.69 Å². The highest BCUT2D eigenvalue weighted by molar-refractivity contribution is 5.95. The number of anilines is 1. The van der Waals surface area contributed by atoms with Gasteiger partial charge in [0.05, 0.1) is 6.54 Å². The molecule has 1 aliphatic heterocycles. The van der Waals surface area contributed by atoms with Crippen molar-refractivity contribution in [2.24, 2.45) is 13.0 Å². The molecule has 5 nitrogen and oxygen atoms in total. The molecule has 1 fully saturated rings. The van der Waals surface area contributed by atoms with Crippen LogP contribution in [0.5, 0.6) is 0 Å². The minimum atomic E-state index is 0.0515. The Hall–Kier alpha value is -2.27. The average Bonchev–Trinajstić information content (AvgIpc) is 3.04. The lowest BCUT2D eigenvalue weighted by Crippen LogP contribution is -2.40. The van der Waals surface area contributed by atoms with Gasteiger partial charge in [-0.3, -0.25) is 4.79 Å². The normalized spacial score (nSPS) is 17.8. The molecule has 1 aromatic heterocycles. The van der Waals surface area contributed by atoms with Crippen LogP contribution in [0.4, 0.5) is 5.69 Å². The number of carbonyl (C=O) groups is 1. The molecule has 24 heavy (non-hydrogen) atoms. The van der Waals surface area contributed by atoms with Crippen molar-refractivity contribution in [2.45, 2.75) is 19.4 Å². The highest BCUT2D eigenvalue weighted by atomic mass is 16.3. The largest absolute Gasteiger partial charge is 0.396 e. The van der Waals surface area contributed by atoms with E-state index >= 15 is 0 Å². The summed E-state index contributed by atoms with van der Waals surface area (Å²) in [6.45, 7) is 2.30. The zero-order valence-corrected chi connectivity index (χ0v) is 14.1. The monoisotopic (exact) mass is 327 g/mol. The van der Waals surface area contributed by atoms with Crippen molar-refractivity contribution in [3.8, 4) is 0 Å². The minimum Gasteiger partial charge on any atom is -0.396 e. The zero-order chi connectivity index (χ0) is 16.9. The summed E-state index contributed by atoms with van der Waals surface area (Å²) in [5.74, 6) is 0.261. The molecule has 1 aromatic carbocycles. The maximum Gasteiger partial charge on any atom is 0.253 e. The Kier molecular flexibility index (Phi) is 5.20. The van der Waals surface area contributed by atoms with Gasteiger partial charge in [0, 0.05) is 49.9 Å². The lowest BCUT2D eigenvalue weighted by atomic mass is 9.98. The second-order valence-electron chi connectivity index (χ2n) is 6.49. The van der Waals surface area contributed by atoms with Gasteiger partial charge in [0.15, 0.2) is 0 Å². The second kappa shape index (κ2) is 7.53. The number of aromatic nitrogens is 1. The van der Waals surface area contributed by atoms with Gasteiger partial charge in [0.1, 0.15) is 0 Å². The van der Waals surface area contributed by atoms with Gasteiger partial charge in [-0.15, -0.1) is 0 Å². The van der Waals surface area contributed by atoms with Crippen LogP contribution >= 0.6 is 0 Å². The molecule has 0 bridgehead atoms. The Morgan fingerprint density at radius 2 is 2.21 bits per heavy atom. The number of nitrogens with zero attached hydrogens (tertiary/aromatic N) is 2. The first-order chi connectivity index (χ1) is 11.7. The van der Waals surface area contributed by atoms with Gasteiger partial charge in [-0.2, -0.15) is 0 Å². The molecule has 2 aromatic rings. The average molecular weight is 327 g/mol. The molecule has 5 heteroatoms. The van der Waals surface area contributed by atoms with E-state index in [1.54, 1.807) is 0 Å². The Balaban J connectivity index is 1.66. The Bertz CT molecular complexity index is 695. The topological polar surface area (TPSA) is 57.5 Å². The van der Waals surface area contributed by atoms with E-state index < -0.39 is 0 Å². The van der Waals surface area contributed by atoms with Crippen LogP contribution in [-0.2, 0) is 13.6 Å². The number of likely N-dealkylation sites (tertiary alicyclic amines) is 1. The molecule has 1 amide bonds. The van der Waals surface area contributed by atoms with Crippen LogP contribution in [0.3, 0.4) is 0 Å². The van der Waals surface area contributed by atoms with E-state index in [9.17, 15) is 9.90 Å². The summed E-state index contributed by atoms with van der Waals surface area (Å²) >= 11 is 0. The highest BCUT2D eigenvalue weighted by Gasteiger charge is 2.24. The quantitative estimate of drug-likeness (QED) is 0.887. The highest BCUT2D eigenvalue weighted by Crippen LogP contribution is 2.20. The molecular formula is C19H25N3O2. The molecule has 1 atom stereocenters. The lowest BCUT2D eigenvalue weighted by molar-refractivity contribution is 0.0621. The molecule has 0 aliphatic carbocycles. The van der Waals surface area contributed by atoms with E-state index in [1.807, 2.05) is 48.5 Å². The van der Waals surface area contributed by atoms with Crippen molar-refractivity contribution in [3.63, 3.8) is 0 Å². The molecule has 128 valence electrons. The van der Waals surface area contributed by atoms with E-state index in [0.717, 1.165) is 31.6 Å². The summed E-state index contributed by atoms with van der Waals surface area (Å²) < 4.78 is 2.07. The third-order valence-corrected chi connectivity index (χ3v) is 4.70. The fourth-order valence-electron chi connectivity index (χ4n) is 3.22. The SMILES string of the molecule is Cn1cccc1CNc1cccc(C(=O)N2CCCC(CO)C2)c1. The van der Waals surface area contributed by atoms with E-state index in [4.69, 9.17) is 0 Å². The van der Waals surface area contributed by atoms with E-state index in [2.05, 4.69) is 16.0 Å². The summed E-state index contributed by atoms with van der Waals surface area (Å²) in [4.78, 5) is 14.6. The number of hydrogen-bond acceptors (Lipinski definition) is 3. The molecule has 1 aliphatic rings. The summed E-state index contributed by atoms with van der Waals surface area (Å²) in [6.07, 6.45) is 3.98. The van der Waals surface area contributed by atoms with Crippen LogP contribution in [0.15, 0.2) is 42.6 Å². The first kappa shape index (κ1) is 16.6. The summed E-state index contributed by atoms with van der Waals surface area (Å²) in [6, 6.07) is 11.8. The van der Waals surface area contributed by atoms with Gasteiger partial charge in [0.25, 0.3) is 5.91 Å². The van der Waals surface area contributed by atoms with Crippen molar-refractivity contribution in [1.29, 1.82) is 0 Å². The van der Waals surface area contributed by atoms with Crippen molar-refractivity contribution in [2.75, 3.05) is 25.0 Å². The standard InChI is InChI=1S/C19H25N3O2/c1-21-9-4-8-18(21)12-20-17-7-2-6-16(11-17)19(24)22-10-3-5-15(13-22)14-23/h2,4,6-9,11,15,20,23H,3,5,10,12-14H2,1H3. The van der Waals surface area contributed by atoms with Crippen molar-refractivity contribution in [3.05, 3.63) is 53.9 Å². The first-order valence-corrected chi connectivity index (χ1v) is 8.51. The van der Waals surface area contributed by atoms with Crippen molar-refractivity contribution >= 4 is 11.6 Å². The predicted octanol–water partition coefficient (Wildman–Crippen LogP) is 2.48. The second-order valence-corrected chi connectivity index (χ2v) is 6.49. The van der Waals surface area contributed by atoms with Crippen LogP contribution in [0.2, 0.25) is 0 Å². The van der Waals surface area contributed by atoms with Gasteiger partial charge in [-0.25, -0.2) is 0 Å². The molecule has 1 unspecified atom stereocenters. The number of benzene rings is 1. The molecule has 2 N–H and O–H groups in total. The van der Waals surface area contributed by atoms with Crippen LogP contribution < -0.4 is 5.32 Å². The summed E-state index contributed by atoms with van der Waals surface area (Å²) in [5.41, 5.74) is 2.83. The lowest BCUT2D eigenvalue weighted by Gasteiger charge is -2.32. The molecule has 3 rings (SSSR count). The number of carbonyl (C=O) groups excluding carboxylic acids is 1. The van der Waals surface area contributed by atoms with Crippen molar-refractivity contribution < 1.29 is 9.90 Å². The number of rotatable bonds is 5. The Morgan fingerprint density at radius 1 is 1.33 bits per heavy atom. The van der Waals surface area contributed by atoms with Crippen LogP contribution in [-0.4, -0.2) is 40.2 Å². The summed E-state index contributed by atoms with van der Waals surface area (Å²) in [7, 11) is 2.02. The van der Waals surface area contributed by atoms with Gasteiger partial charge in [0.2, 0.25) is 0 Å². The van der Waals surface area contributed by atoms with Gasteiger partial charge in [-0.05, 0) is 49.1 Å². The molecular weight excluding hydrogens is 302 g/mol. The Labute approximate surface area is 142 Å². The Morgan fingerprint density at radius 3 is 2.96 bits per heavy atom. The number of aliphatic hydroxyl groups is 1. The molecule has 2 heterocycles. The molecule has 1 saturated heterocycles. The third-order valence-electron chi connectivity index (χ3n) is 4.70. The third kappa shape index (κ3) is 3.79. The van der Waals surface area contributed by atoms with E-state index in [-0.39, 0.29) is 18.4 Å². The van der Waals surface area contributed by atoms with Crippen LogP contribution in [0.25, 0.3) is 0 Å². The number of amides is 1. The summed E-state index contributed by atoms with van der Waals surface area (Å²) in [5, 5.41) is 12.7. The number of nitrogens with one attached hydrogen (secondary N) is 1. The minimum absolute atomic E-state index is 0.0515. The van der Waals surface area contributed by atoms with E-state index in [0.29, 0.717) is 12.1 Å². The number of aryl methyl sites for hydroxylation is 1. The number of aliphatic hydroxyl groups excluding tert-OH is 1. The number of hydrogen-bond donors (Lipinski definition) is 2. The van der Waals surface area contributed by atoms with Gasteiger partial charge >= 0.3 is 0 Å². The molecule has 0 saturated carbocycles. The zero-order valence-electron chi connectivity index (χ0n) is 14.1. The smallest absolute Gasteiger partial charge is 0.253 e. The fourth-order valence-corrected chi connectivity index (χ4v) is 3.22. The fraction of sp³-hybridized carbons (Fsp3) is 0.421. The van der Waals surface area contributed by atoms with Gasteiger partial charge < -0.3 is 19.9 Å². The van der Waals surface area contributed by atoms with Crippen LogP contribution in [0, 0.1) is 5.92 Å². The predicted molar refractivity (Wildman–Crippen MR) is 94.9 cm³/mol. The van der Waals surface area contributed by atoms with Crippen LogP contribution in [0.1, 0.15) is 28.9 Å². The van der Waals surface area contributed by atoms with Gasteiger partial charge in [-0.1, -0.05) is 6.07 Å². The maximum atomic E-state index is 12.7. The number of piperidine rings is 1. The maximum absolute atomic E-state index is 12.7.